The molecule has 0 spiro atoms. The molecule has 1 aromatic heterocycles. The molecule has 0 aromatic carbocycles. The second-order valence-electron chi connectivity index (χ2n) is 4.94. The molecule has 1 aliphatic heterocycles. The highest BCUT2D eigenvalue weighted by molar-refractivity contribution is 5.79. The van der Waals surface area contributed by atoms with E-state index < -0.39 is 23.9 Å². The molecule has 0 radical (unpaired) electrons. The number of nitrogens with zero attached hydrogens (tertiary/aromatic N) is 4. The van der Waals surface area contributed by atoms with Crippen LogP contribution in [0.3, 0.4) is 0 Å². The van der Waals surface area contributed by atoms with Gasteiger partial charge in [-0.05, 0) is 6.07 Å². The summed E-state index contributed by atoms with van der Waals surface area (Å²) in [4.78, 5) is 33.1. The van der Waals surface area contributed by atoms with Gasteiger partial charge in [-0.3, -0.25) is 4.79 Å². The molecule has 1 aromatic rings. The van der Waals surface area contributed by atoms with Crippen molar-refractivity contribution in [2.24, 2.45) is 0 Å². The van der Waals surface area contributed by atoms with E-state index in [9.17, 15) is 22.8 Å². The van der Waals surface area contributed by atoms with Crippen LogP contribution in [0.5, 0.6) is 0 Å². The lowest BCUT2D eigenvalue weighted by Crippen LogP contribution is -2.49. The van der Waals surface area contributed by atoms with Crippen LogP contribution in [0.15, 0.2) is 12.3 Å². The molecule has 11 heteroatoms. The molecule has 1 saturated heterocycles. The van der Waals surface area contributed by atoms with E-state index in [1.165, 1.54) is 11.9 Å². The minimum Gasteiger partial charge on any atom is -0.439 e. The van der Waals surface area contributed by atoms with Crippen LogP contribution in [0.2, 0.25) is 0 Å². The molecule has 2 amide bonds. The minimum atomic E-state index is -4.54. The summed E-state index contributed by atoms with van der Waals surface area (Å²) in [5.41, 5.74) is -1.01. The Bertz CT molecular complexity index is 603. The van der Waals surface area contributed by atoms with Gasteiger partial charge in [-0.25, -0.2) is 14.8 Å². The predicted octanol–water partition coefficient (Wildman–Crippen LogP) is 0.500. The van der Waals surface area contributed by atoms with Crippen LogP contribution < -0.4 is 10.2 Å². The lowest BCUT2D eigenvalue weighted by molar-refractivity contribution is -0.141. The SMILES string of the molecule is CNC(=O)COC(=O)N1CCN(c2nccc(C(F)(F)F)n2)CC1. The van der Waals surface area contributed by atoms with Crippen LogP contribution in [0.4, 0.5) is 23.9 Å². The van der Waals surface area contributed by atoms with Gasteiger partial charge in [0.2, 0.25) is 5.95 Å². The Kier molecular flexibility index (Phi) is 5.42. The summed E-state index contributed by atoms with van der Waals surface area (Å²) in [5, 5.41) is 2.32. The molecule has 0 unspecified atom stereocenters. The number of hydrogen-bond donors (Lipinski definition) is 1. The summed E-state index contributed by atoms with van der Waals surface area (Å²) < 4.78 is 42.8. The summed E-state index contributed by atoms with van der Waals surface area (Å²) in [7, 11) is 1.42. The first-order chi connectivity index (χ1) is 11.3. The van der Waals surface area contributed by atoms with E-state index in [1.54, 1.807) is 4.90 Å². The number of amides is 2. The normalized spacial score (nSPS) is 15.2. The predicted molar refractivity (Wildman–Crippen MR) is 76.2 cm³/mol. The Labute approximate surface area is 135 Å². The fourth-order valence-electron chi connectivity index (χ4n) is 2.04. The topological polar surface area (TPSA) is 87.7 Å². The average Bonchev–Trinajstić information content (AvgIpc) is 2.59. The van der Waals surface area contributed by atoms with Crippen molar-refractivity contribution in [2.75, 3.05) is 44.7 Å². The molecular weight excluding hydrogens is 331 g/mol. The highest BCUT2D eigenvalue weighted by Gasteiger charge is 2.33. The number of rotatable bonds is 3. The fourth-order valence-corrected chi connectivity index (χ4v) is 2.04. The van der Waals surface area contributed by atoms with Gasteiger partial charge in [-0.15, -0.1) is 0 Å². The van der Waals surface area contributed by atoms with Crippen LogP contribution in [-0.4, -0.2) is 66.7 Å². The molecule has 0 atom stereocenters. The zero-order chi connectivity index (χ0) is 17.7. The van der Waals surface area contributed by atoms with Crippen molar-refractivity contribution in [2.45, 2.75) is 6.18 Å². The molecule has 24 heavy (non-hydrogen) atoms. The number of carbonyl (C=O) groups excluding carboxylic acids is 2. The second kappa shape index (κ2) is 7.32. The van der Waals surface area contributed by atoms with Crippen LogP contribution >= 0.6 is 0 Å². The number of carbonyl (C=O) groups is 2. The van der Waals surface area contributed by atoms with E-state index >= 15 is 0 Å². The number of aromatic nitrogens is 2. The third-order valence-electron chi connectivity index (χ3n) is 3.36. The van der Waals surface area contributed by atoms with Crippen LogP contribution in [0, 0.1) is 0 Å². The van der Waals surface area contributed by atoms with E-state index in [0.29, 0.717) is 0 Å². The summed E-state index contributed by atoms with van der Waals surface area (Å²) in [5.74, 6) is -0.470. The highest BCUT2D eigenvalue weighted by Crippen LogP contribution is 2.28. The highest BCUT2D eigenvalue weighted by atomic mass is 19.4. The van der Waals surface area contributed by atoms with Gasteiger partial charge in [0.1, 0.15) is 5.69 Å². The van der Waals surface area contributed by atoms with Gasteiger partial charge in [0, 0.05) is 39.4 Å². The Balaban J connectivity index is 1.91. The van der Waals surface area contributed by atoms with E-state index in [-0.39, 0.29) is 38.7 Å². The number of likely N-dealkylation sites (N-methyl/N-ethyl adjacent to an activating group) is 1. The van der Waals surface area contributed by atoms with Crippen molar-refractivity contribution in [3.05, 3.63) is 18.0 Å². The Morgan fingerprint density at radius 1 is 1.29 bits per heavy atom. The molecule has 0 saturated carbocycles. The van der Waals surface area contributed by atoms with Gasteiger partial charge in [-0.2, -0.15) is 13.2 Å². The molecule has 132 valence electrons. The standard InChI is InChI=1S/C13H16F3N5O3/c1-17-10(22)8-24-12(23)21-6-4-20(5-7-21)11-18-3-2-9(19-11)13(14,15)16/h2-3H,4-8H2,1H3,(H,17,22). The molecule has 0 aliphatic carbocycles. The first kappa shape index (κ1) is 17.8. The Morgan fingerprint density at radius 3 is 2.54 bits per heavy atom. The van der Waals surface area contributed by atoms with Crippen molar-refractivity contribution in [1.82, 2.24) is 20.2 Å². The molecule has 2 rings (SSSR count). The number of ether oxygens (including phenoxy) is 1. The maximum absolute atomic E-state index is 12.7. The lowest BCUT2D eigenvalue weighted by atomic mass is 10.3. The number of alkyl halides is 3. The van der Waals surface area contributed by atoms with Crippen molar-refractivity contribution >= 4 is 17.9 Å². The largest absolute Gasteiger partial charge is 0.439 e. The number of halogens is 3. The zero-order valence-corrected chi connectivity index (χ0v) is 12.8. The first-order valence-corrected chi connectivity index (χ1v) is 7.08. The number of anilines is 1. The minimum absolute atomic E-state index is 0.0387. The maximum atomic E-state index is 12.7. The fraction of sp³-hybridized carbons (Fsp3) is 0.538. The summed E-state index contributed by atoms with van der Waals surface area (Å²) in [6.45, 7) is 0.595. The average molecular weight is 347 g/mol. The first-order valence-electron chi connectivity index (χ1n) is 7.08. The smallest absolute Gasteiger partial charge is 0.433 e. The maximum Gasteiger partial charge on any atom is 0.433 e. The van der Waals surface area contributed by atoms with Gasteiger partial charge < -0.3 is 19.9 Å². The van der Waals surface area contributed by atoms with Gasteiger partial charge in [-0.1, -0.05) is 0 Å². The van der Waals surface area contributed by atoms with Crippen LogP contribution in [-0.2, 0) is 15.7 Å². The molecule has 1 N–H and O–H groups in total. The number of nitrogens with one attached hydrogen (secondary N) is 1. The van der Waals surface area contributed by atoms with Crippen molar-refractivity contribution < 1.29 is 27.5 Å². The summed E-state index contributed by atoms with van der Waals surface area (Å²) in [6, 6.07) is 0.801. The van der Waals surface area contributed by atoms with Gasteiger partial charge in [0.15, 0.2) is 6.61 Å². The Hall–Kier alpha value is -2.59. The van der Waals surface area contributed by atoms with Crippen LogP contribution in [0.1, 0.15) is 5.69 Å². The quantitative estimate of drug-likeness (QED) is 0.857. The van der Waals surface area contributed by atoms with Crippen molar-refractivity contribution in [1.29, 1.82) is 0 Å². The monoisotopic (exact) mass is 347 g/mol. The third kappa shape index (κ3) is 4.46. The summed E-state index contributed by atoms with van der Waals surface area (Å²) in [6.07, 6.45) is -4.14. The van der Waals surface area contributed by atoms with Gasteiger partial charge in [0.05, 0.1) is 0 Å². The molecular formula is C13H16F3N5O3. The zero-order valence-electron chi connectivity index (χ0n) is 12.8. The lowest BCUT2D eigenvalue weighted by Gasteiger charge is -2.34. The molecule has 2 heterocycles. The Morgan fingerprint density at radius 2 is 1.96 bits per heavy atom. The molecule has 8 nitrogen and oxygen atoms in total. The summed E-state index contributed by atoms with van der Waals surface area (Å²) >= 11 is 0. The second-order valence-corrected chi connectivity index (χ2v) is 4.94. The molecule has 1 aliphatic rings. The van der Waals surface area contributed by atoms with Crippen molar-refractivity contribution in [3.8, 4) is 0 Å². The van der Waals surface area contributed by atoms with Crippen molar-refractivity contribution in [3.63, 3.8) is 0 Å². The van der Waals surface area contributed by atoms with Gasteiger partial charge >= 0.3 is 12.3 Å². The molecule has 1 fully saturated rings. The van der Waals surface area contributed by atoms with E-state index in [1.807, 2.05) is 0 Å². The third-order valence-corrected chi connectivity index (χ3v) is 3.36. The molecule has 0 bridgehead atoms. The number of hydrogen-bond acceptors (Lipinski definition) is 6. The van der Waals surface area contributed by atoms with E-state index in [2.05, 4.69) is 15.3 Å². The van der Waals surface area contributed by atoms with E-state index in [4.69, 9.17) is 4.74 Å². The van der Waals surface area contributed by atoms with E-state index in [0.717, 1.165) is 12.3 Å². The van der Waals surface area contributed by atoms with Crippen LogP contribution in [0.25, 0.3) is 0 Å². The van der Waals surface area contributed by atoms with Gasteiger partial charge in [0.25, 0.3) is 5.91 Å². The number of piperazine rings is 1.